The molecule has 4 nitrogen and oxygen atoms in total. The zero-order valence-corrected chi connectivity index (χ0v) is 12.2. The molecule has 0 bridgehead atoms. The van der Waals surface area contributed by atoms with Gasteiger partial charge in [0.2, 0.25) is 5.91 Å². The maximum atomic E-state index is 12.3. The largest absolute Gasteiger partial charge is 0.489 e. The molecule has 0 spiro atoms. The Balaban J connectivity index is 2.13. The van der Waals surface area contributed by atoms with Crippen LogP contribution in [0.5, 0.6) is 5.75 Å². The molecule has 2 aromatic rings. The molecule has 0 aliphatic heterocycles. The number of nitrogens with two attached hydrogens (primary N) is 1. The number of carbonyl (C=O) groups excluding carboxylic acids is 1. The summed E-state index contributed by atoms with van der Waals surface area (Å²) in [6.07, 6.45) is 0.0332. The summed E-state index contributed by atoms with van der Waals surface area (Å²) in [4.78, 5) is 12.3. The highest BCUT2D eigenvalue weighted by atomic mass is 16.5. The van der Waals surface area contributed by atoms with E-state index in [9.17, 15) is 4.79 Å². The van der Waals surface area contributed by atoms with Gasteiger partial charge in [-0.05, 0) is 31.5 Å². The number of anilines is 1. The molecule has 2 rings (SSSR count). The molecule has 3 N–H and O–H groups in total. The van der Waals surface area contributed by atoms with Gasteiger partial charge in [-0.3, -0.25) is 4.79 Å². The first-order chi connectivity index (χ1) is 10.1. The smallest absolute Gasteiger partial charge is 0.245 e. The molecule has 1 atom stereocenters. The molecular weight excluding hydrogens is 264 g/mol. The van der Waals surface area contributed by atoms with Gasteiger partial charge in [0.25, 0.3) is 0 Å². The lowest BCUT2D eigenvalue weighted by atomic mass is 10.1. The average molecular weight is 284 g/mol. The fraction of sp³-hybridized carbons (Fsp3) is 0.235. The fourth-order valence-corrected chi connectivity index (χ4v) is 1.95. The van der Waals surface area contributed by atoms with Crippen LogP contribution in [0.15, 0.2) is 54.6 Å². The van der Waals surface area contributed by atoms with E-state index in [1.165, 1.54) is 0 Å². The average Bonchev–Trinajstić information content (AvgIpc) is 2.49. The summed E-state index contributed by atoms with van der Waals surface area (Å²) in [5.74, 6) is 0.377. The third kappa shape index (κ3) is 4.07. The first kappa shape index (κ1) is 15.1. The molecule has 0 fully saturated rings. The lowest BCUT2D eigenvalue weighted by Crippen LogP contribution is -2.28. The Bertz CT molecular complexity index is 597. The highest BCUT2D eigenvalue weighted by molar-refractivity contribution is 5.96. The van der Waals surface area contributed by atoms with E-state index in [1.54, 1.807) is 6.07 Å². The number of hydrogen-bond acceptors (Lipinski definition) is 3. The Morgan fingerprint density at radius 2 is 1.67 bits per heavy atom. The topological polar surface area (TPSA) is 64.3 Å². The number of para-hydroxylation sites is 2. The number of nitrogens with one attached hydrogen (secondary N) is 1. The van der Waals surface area contributed by atoms with Crippen molar-refractivity contribution in [3.8, 4) is 5.75 Å². The van der Waals surface area contributed by atoms with Gasteiger partial charge in [-0.1, -0.05) is 42.5 Å². The summed E-state index contributed by atoms with van der Waals surface area (Å²) >= 11 is 0. The van der Waals surface area contributed by atoms with Crippen molar-refractivity contribution < 1.29 is 9.53 Å². The molecule has 0 heterocycles. The van der Waals surface area contributed by atoms with E-state index >= 15 is 0 Å². The molecule has 1 unspecified atom stereocenters. The second kappa shape index (κ2) is 6.90. The Hall–Kier alpha value is -2.33. The van der Waals surface area contributed by atoms with Gasteiger partial charge in [0.1, 0.15) is 11.8 Å². The van der Waals surface area contributed by atoms with Gasteiger partial charge in [-0.2, -0.15) is 0 Å². The van der Waals surface area contributed by atoms with Crippen molar-refractivity contribution in [2.75, 3.05) is 5.32 Å². The van der Waals surface area contributed by atoms with Crippen LogP contribution in [-0.4, -0.2) is 12.0 Å². The quantitative estimate of drug-likeness (QED) is 0.886. The predicted octanol–water partition coefficient (Wildman–Crippen LogP) is 3.11. The monoisotopic (exact) mass is 284 g/mol. The summed E-state index contributed by atoms with van der Waals surface area (Å²) < 4.78 is 5.68. The van der Waals surface area contributed by atoms with Crippen molar-refractivity contribution >= 4 is 11.6 Å². The Morgan fingerprint density at radius 3 is 2.33 bits per heavy atom. The predicted molar refractivity (Wildman–Crippen MR) is 84.2 cm³/mol. The van der Waals surface area contributed by atoms with Gasteiger partial charge >= 0.3 is 0 Å². The number of ether oxygens (including phenoxy) is 1. The highest BCUT2D eigenvalue weighted by Crippen LogP contribution is 2.25. The molecule has 1 amide bonds. The van der Waals surface area contributed by atoms with Crippen LogP contribution in [-0.2, 0) is 4.79 Å². The summed E-state index contributed by atoms with van der Waals surface area (Å²) in [5, 5.41) is 2.83. The maximum Gasteiger partial charge on any atom is 0.245 e. The van der Waals surface area contributed by atoms with Crippen LogP contribution in [0.1, 0.15) is 25.5 Å². The first-order valence-electron chi connectivity index (χ1n) is 6.95. The van der Waals surface area contributed by atoms with Gasteiger partial charge in [0.15, 0.2) is 0 Å². The standard InChI is InChI=1S/C17H20N2O2/c1-12(2)21-15-11-7-6-10-14(15)19-17(20)16(18)13-8-4-3-5-9-13/h3-12,16H,18H2,1-2H3,(H,19,20). The van der Waals surface area contributed by atoms with Crippen molar-refractivity contribution in [2.24, 2.45) is 5.73 Å². The van der Waals surface area contributed by atoms with Gasteiger partial charge in [0, 0.05) is 0 Å². The van der Waals surface area contributed by atoms with Crippen LogP contribution in [0.3, 0.4) is 0 Å². The number of carbonyl (C=O) groups is 1. The van der Waals surface area contributed by atoms with E-state index in [0.29, 0.717) is 11.4 Å². The van der Waals surface area contributed by atoms with Crippen LogP contribution >= 0.6 is 0 Å². The Morgan fingerprint density at radius 1 is 1.05 bits per heavy atom. The van der Waals surface area contributed by atoms with Crippen molar-refractivity contribution in [1.29, 1.82) is 0 Å². The van der Waals surface area contributed by atoms with Crippen LogP contribution < -0.4 is 15.8 Å². The molecule has 0 aliphatic rings. The molecule has 0 saturated heterocycles. The van der Waals surface area contributed by atoms with Crippen LogP contribution in [0, 0.1) is 0 Å². The summed E-state index contributed by atoms with van der Waals surface area (Å²) in [5.41, 5.74) is 7.39. The third-order valence-electron chi connectivity index (χ3n) is 2.95. The van der Waals surface area contributed by atoms with Crippen molar-refractivity contribution in [2.45, 2.75) is 26.0 Å². The number of hydrogen-bond donors (Lipinski definition) is 2. The van der Waals surface area contributed by atoms with E-state index in [-0.39, 0.29) is 12.0 Å². The molecule has 0 aliphatic carbocycles. The van der Waals surface area contributed by atoms with E-state index in [0.717, 1.165) is 5.56 Å². The highest BCUT2D eigenvalue weighted by Gasteiger charge is 2.17. The minimum absolute atomic E-state index is 0.0332. The van der Waals surface area contributed by atoms with E-state index < -0.39 is 6.04 Å². The SMILES string of the molecule is CC(C)Oc1ccccc1NC(=O)C(N)c1ccccc1. The molecule has 0 radical (unpaired) electrons. The molecular formula is C17H20N2O2. The second-order valence-electron chi connectivity index (χ2n) is 5.04. The minimum Gasteiger partial charge on any atom is -0.489 e. The van der Waals surface area contributed by atoms with Crippen molar-refractivity contribution in [1.82, 2.24) is 0 Å². The van der Waals surface area contributed by atoms with Crippen LogP contribution in [0.2, 0.25) is 0 Å². The summed E-state index contributed by atoms with van der Waals surface area (Å²) in [6, 6.07) is 15.9. The lowest BCUT2D eigenvalue weighted by Gasteiger charge is -2.17. The molecule has 2 aromatic carbocycles. The van der Waals surface area contributed by atoms with Crippen molar-refractivity contribution in [3.05, 3.63) is 60.2 Å². The normalized spacial score (nSPS) is 12.0. The zero-order chi connectivity index (χ0) is 15.2. The zero-order valence-electron chi connectivity index (χ0n) is 12.2. The van der Waals surface area contributed by atoms with E-state index in [1.807, 2.05) is 62.4 Å². The Kier molecular flexibility index (Phi) is 4.95. The van der Waals surface area contributed by atoms with Crippen LogP contribution in [0.25, 0.3) is 0 Å². The van der Waals surface area contributed by atoms with Crippen LogP contribution in [0.4, 0.5) is 5.69 Å². The third-order valence-corrected chi connectivity index (χ3v) is 2.95. The Labute approximate surface area is 124 Å². The van der Waals surface area contributed by atoms with Gasteiger partial charge in [-0.25, -0.2) is 0 Å². The summed E-state index contributed by atoms with van der Waals surface area (Å²) in [7, 11) is 0. The maximum absolute atomic E-state index is 12.3. The molecule has 0 aromatic heterocycles. The van der Waals surface area contributed by atoms with Gasteiger partial charge < -0.3 is 15.8 Å². The minimum atomic E-state index is -0.710. The van der Waals surface area contributed by atoms with E-state index in [4.69, 9.17) is 10.5 Å². The second-order valence-corrected chi connectivity index (χ2v) is 5.04. The van der Waals surface area contributed by atoms with E-state index in [2.05, 4.69) is 5.32 Å². The summed E-state index contributed by atoms with van der Waals surface area (Å²) in [6.45, 7) is 3.88. The number of amides is 1. The lowest BCUT2D eigenvalue weighted by molar-refractivity contribution is -0.117. The van der Waals surface area contributed by atoms with Gasteiger partial charge in [0.05, 0.1) is 11.8 Å². The first-order valence-corrected chi connectivity index (χ1v) is 6.95. The fourth-order valence-electron chi connectivity index (χ4n) is 1.95. The molecule has 110 valence electrons. The van der Waals surface area contributed by atoms with Crippen molar-refractivity contribution in [3.63, 3.8) is 0 Å². The molecule has 0 saturated carbocycles. The van der Waals surface area contributed by atoms with Gasteiger partial charge in [-0.15, -0.1) is 0 Å². The molecule has 4 heteroatoms. The number of rotatable bonds is 5. The molecule has 21 heavy (non-hydrogen) atoms. The number of benzene rings is 2.